The zero-order chi connectivity index (χ0) is 18.1. The van der Waals surface area contributed by atoms with Gasteiger partial charge in [-0.2, -0.15) is 0 Å². The number of para-hydroxylation sites is 1. The molecule has 0 atom stereocenters. The average molecular weight is 357 g/mol. The van der Waals surface area contributed by atoms with Crippen molar-refractivity contribution in [3.05, 3.63) is 54.6 Å². The molecule has 2 rings (SSSR count). The van der Waals surface area contributed by atoms with Crippen LogP contribution in [0.4, 0.5) is 11.4 Å². The van der Waals surface area contributed by atoms with Gasteiger partial charge in [-0.1, -0.05) is 25.1 Å². The second-order valence-electron chi connectivity index (χ2n) is 5.08. The van der Waals surface area contributed by atoms with Gasteiger partial charge in [0.1, 0.15) is 5.75 Å². The van der Waals surface area contributed by atoms with Crippen molar-refractivity contribution >= 4 is 40.5 Å². The zero-order valence-electron chi connectivity index (χ0n) is 13.7. The number of carbonyl (C=O) groups is 2. The summed E-state index contributed by atoms with van der Waals surface area (Å²) in [7, 11) is 0. The van der Waals surface area contributed by atoms with Crippen molar-refractivity contribution in [2.75, 3.05) is 17.2 Å². The number of anilines is 2. The van der Waals surface area contributed by atoms with Crippen molar-refractivity contribution in [1.82, 2.24) is 5.32 Å². The Bertz CT molecular complexity index is 733. The Morgan fingerprint density at radius 2 is 1.52 bits per heavy atom. The molecular weight excluding hydrogens is 338 g/mol. The predicted molar refractivity (Wildman–Crippen MR) is 102 cm³/mol. The fourth-order valence-corrected chi connectivity index (χ4v) is 2.11. The van der Waals surface area contributed by atoms with Crippen LogP contribution in [0.5, 0.6) is 5.75 Å². The Labute approximate surface area is 151 Å². The first kappa shape index (κ1) is 18.4. The number of hydrogen-bond donors (Lipinski definition) is 3. The van der Waals surface area contributed by atoms with Gasteiger partial charge in [-0.05, 0) is 48.6 Å². The molecule has 0 radical (unpaired) electrons. The fraction of sp³-hybridized carbons (Fsp3) is 0.167. The summed E-state index contributed by atoms with van der Waals surface area (Å²) in [5.74, 6) is 0.205. The Balaban J connectivity index is 1.77. The molecule has 0 bridgehead atoms. The van der Waals surface area contributed by atoms with E-state index < -0.39 is 0 Å². The molecule has 0 aliphatic heterocycles. The van der Waals surface area contributed by atoms with E-state index in [9.17, 15) is 9.59 Å². The molecule has 0 heterocycles. The van der Waals surface area contributed by atoms with E-state index in [0.717, 1.165) is 0 Å². The molecular formula is C18H19N3O3S. The van der Waals surface area contributed by atoms with Crippen molar-refractivity contribution in [3.63, 3.8) is 0 Å². The van der Waals surface area contributed by atoms with Crippen molar-refractivity contribution in [2.45, 2.75) is 13.3 Å². The van der Waals surface area contributed by atoms with Gasteiger partial charge in [-0.25, -0.2) is 0 Å². The van der Waals surface area contributed by atoms with E-state index in [2.05, 4.69) is 16.0 Å². The lowest BCUT2D eigenvalue weighted by atomic mass is 10.2. The average Bonchev–Trinajstić information content (AvgIpc) is 2.62. The monoisotopic (exact) mass is 357 g/mol. The van der Waals surface area contributed by atoms with Crippen LogP contribution in [0, 0.1) is 0 Å². The van der Waals surface area contributed by atoms with Crippen LogP contribution in [0.25, 0.3) is 0 Å². The van der Waals surface area contributed by atoms with Crippen molar-refractivity contribution < 1.29 is 14.3 Å². The molecule has 0 fully saturated rings. The molecule has 2 aromatic rings. The van der Waals surface area contributed by atoms with Gasteiger partial charge in [0.25, 0.3) is 5.91 Å². The Morgan fingerprint density at radius 3 is 2.12 bits per heavy atom. The summed E-state index contributed by atoms with van der Waals surface area (Å²) in [4.78, 5) is 23.1. The van der Waals surface area contributed by atoms with E-state index >= 15 is 0 Å². The molecule has 0 saturated carbocycles. The van der Waals surface area contributed by atoms with E-state index in [0.29, 0.717) is 23.5 Å². The van der Waals surface area contributed by atoms with E-state index in [-0.39, 0.29) is 23.5 Å². The number of carbonyl (C=O) groups excluding carboxylic acids is 2. The molecule has 2 amide bonds. The maximum Gasteiger partial charge on any atom is 0.264 e. The number of hydrogen-bond acceptors (Lipinski definition) is 4. The number of amides is 2. The molecule has 6 nitrogen and oxygen atoms in total. The third-order valence-corrected chi connectivity index (χ3v) is 3.32. The van der Waals surface area contributed by atoms with E-state index in [1.165, 1.54) is 0 Å². The van der Waals surface area contributed by atoms with Crippen LogP contribution in [0.1, 0.15) is 13.3 Å². The lowest BCUT2D eigenvalue weighted by Gasteiger charge is -2.11. The van der Waals surface area contributed by atoms with Gasteiger partial charge in [-0.3, -0.25) is 14.9 Å². The largest absolute Gasteiger partial charge is 0.484 e. The first-order valence-corrected chi connectivity index (χ1v) is 8.16. The van der Waals surface area contributed by atoms with Crippen molar-refractivity contribution in [1.29, 1.82) is 0 Å². The molecule has 0 aliphatic rings. The lowest BCUT2D eigenvalue weighted by Crippen LogP contribution is -2.37. The molecule has 0 aliphatic carbocycles. The summed E-state index contributed by atoms with van der Waals surface area (Å²) in [6.07, 6.45) is 0.418. The minimum Gasteiger partial charge on any atom is -0.484 e. The molecule has 0 aromatic heterocycles. The molecule has 3 N–H and O–H groups in total. The second kappa shape index (κ2) is 9.39. The van der Waals surface area contributed by atoms with Crippen molar-refractivity contribution in [2.24, 2.45) is 0 Å². The smallest absolute Gasteiger partial charge is 0.264 e. The van der Waals surface area contributed by atoms with E-state index in [4.69, 9.17) is 17.0 Å². The third kappa shape index (κ3) is 6.60. The number of rotatable bonds is 6. The minimum atomic E-state index is -0.354. The first-order valence-electron chi connectivity index (χ1n) is 7.75. The highest BCUT2D eigenvalue weighted by Crippen LogP contribution is 2.13. The molecule has 2 aromatic carbocycles. The Kier molecular flexibility index (Phi) is 6.91. The summed E-state index contributed by atoms with van der Waals surface area (Å²) in [6, 6.07) is 16.1. The number of nitrogens with one attached hydrogen (secondary N) is 3. The number of ether oxygens (including phenoxy) is 1. The summed E-state index contributed by atoms with van der Waals surface area (Å²) in [6.45, 7) is 1.65. The van der Waals surface area contributed by atoms with Crippen LogP contribution in [0.3, 0.4) is 0 Å². The van der Waals surface area contributed by atoms with Crippen LogP contribution >= 0.6 is 12.2 Å². The normalized spacial score (nSPS) is 9.80. The first-order chi connectivity index (χ1) is 12.1. The zero-order valence-corrected chi connectivity index (χ0v) is 14.6. The van der Waals surface area contributed by atoms with Crippen LogP contribution in [-0.2, 0) is 9.59 Å². The highest BCUT2D eigenvalue weighted by atomic mass is 32.1. The third-order valence-electron chi connectivity index (χ3n) is 3.11. The van der Waals surface area contributed by atoms with Gasteiger partial charge in [0.2, 0.25) is 5.91 Å². The standard InChI is InChI=1S/C18H19N3O3S/c1-2-16(22)19-13-8-10-14(11-9-13)20-18(25)21-17(23)12-24-15-6-4-3-5-7-15/h3-11H,2,12H2,1H3,(H,19,22)(H2,20,21,23,25). The second-order valence-corrected chi connectivity index (χ2v) is 5.49. The van der Waals surface area contributed by atoms with Crippen molar-refractivity contribution in [3.8, 4) is 5.75 Å². The molecule has 130 valence electrons. The number of thiocarbonyl (C=S) groups is 1. The molecule has 25 heavy (non-hydrogen) atoms. The predicted octanol–water partition coefficient (Wildman–Crippen LogP) is 2.93. The maximum absolute atomic E-state index is 11.8. The van der Waals surface area contributed by atoms with Crippen LogP contribution in [0.2, 0.25) is 0 Å². The Hall–Kier alpha value is -2.93. The van der Waals surface area contributed by atoms with Crippen LogP contribution in [-0.4, -0.2) is 23.5 Å². The fourth-order valence-electron chi connectivity index (χ4n) is 1.88. The van der Waals surface area contributed by atoms with Crippen LogP contribution < -0.4 is 20.7 Å². The summed E-state index contributed by atoms with van der Waals surface area (Å²) in [5.41, 5.74) is 1.40. The quantitative estimate of drug-likeness (QED) is 0.693. The minimum absolute atomic E-state index is 0.0538. The Morgan fingerprint density at radius 1 is 0.920 bits per heavy atom. The topological polar surface area (TPSA) is 79.5 Å². The summed E-state index contributed by atoms with van der Waals surface area (Å²) in [5, 5.41) is 8.36. The SMILES string of the molecule is CCC(=O)Nc1ccc(NC(=S)NC(=O)COc2ccccc2)cc1. The van der Waals surface area contributed by atoms with E-state index in [1.54, 1.807) is 43.3 Å². The summed E-state index contributed by atoms with van der Waals surface area (Å²) < 4.78 is 5.34. The lowest BCUT2D eigenvalue weighted by molar-refractivity contribution is -0.121. The van der Waals surface area contributed by atoms with Gasteiger partial charge in [0.05, 0.1) is 0 Å². The highest BCUT2D eigenvalue weighted by Gasteiger charge is 2.06. The van der Waals surface area contributed by atoms with Gasteiger partial charge in [-0.15, -0.1) is 0 Å². The van der Waals surface area contributed by atoms with Gasteiger partial charge < -0.3 is 15.4 Å². The molecule has 0 spiro atoms. The summed E-state index contributed by atoms with van der Waals surface area (Å²) >= 11 is 5.10. The van der Waals surface area contributed by atoms with Gasteiger partial charge >= 0.3 is 0 Å². The van der Waals surface area contributed by atoms with Gasteiger partial charge in [0.15, 0.2) is 11.7 Å². The van der Waals surface area contributed by atoms with E-state index in [1.807, 2.05) is 18.2 Å². The number of benzene rings is 2. The molecule has 7 heteroatoms. The van der Waals surface area contributed by atoms with Crippen LogP contribution in [0.15, 0.2) is 54.6 Å². The molecule has 0 saturated heterocycles. The van der Waals surface area contributed by atoms with Gasteiger partial charge in [0, 0.05) is 17.8 Å². The maximum atomic E-state index is 11.8. The highest BCUT2D eigenvalue weighted by molar-refractivity contribution is 7.80. The molecule has 0 unspecified atom stereocenters.